The fourth-order valence-electron chi connectivity index (χ4n) is 2.18. The van der Waals surface area contributed by atoms with Crippen LogP contribution in [0.4, 0.5) is 8.78 Å². The summed E-state index contributed by atoms with van der Waals surface area (Å²) in [7, 11) is 1.29. The molecule has 2 aromatic rings. The minimum absolute atomic E-state index is 0.317. The first-order valence-electron chi connectivity index (χ1n) is 6.93. The summed E-state index contributed by atoms with van der Waals surface area (Å²) < 4.78 is 31.9. The highest BCUT2D eigenvalue weighted by Gasteiger charge is 2.22. The van der Waals surface area contributed by atoms with Crippen molar-refractivity contribution in [3.05, 3.63) is 69.2 Å². The fraction of sp³-hybridized carbons (Fsp3) is 0.235. The number of halogens is 3. The van der Waals surface area contributed by atoms with Gasteiger partial charge in [-0.25, -0.2) is 13.6 Å². The predicted molar refractivity (Wildman–Crippen MR) is 86.8 cm³/mol. The molecule has 1 atom stereocenters. The first-order chi connectivity index (χ1) is 10.9. The van der Waals surface area contributed by atoms with Gasteiger partial charge in [0, 0.05) is 11.0 Å². The van der Waals surface area contributed by atoms with Crippen molar-refractivity contribution in [3.8, 4) is 0 Å². The summed E-state index contributed by atoms with van der Waals surface area (Å²) in [5.41, 5.74) is 1.84. The molecule has 0 heterocycles. The number of rotatable bonds is 5. The van der Waals surface area contributed by atoms with Crippen LogP contribution in [0.3, 0.4) is 0 Å². The second-order valence-electron chi connectivity index (χ2n) is 5.08. The molecule has 0 bridgehead atoms. The van der Waals surface area contributed by atoms with Crippen molar-refractivity contribution in [2.45, 2.75) is 19.5 Å². The van der Waals surface area contributed by atoms with Crippen molar-refractivity contribution >= 4 is 21.9 Å². The molecule has 0 aliphatic heterocycles. The lowest BCUT2D eigenvalue weighted by Crippen LogP contribution is -2.29. The predicted octanol–water partition coefficient (Wildman–Crippen LogP) is 4.04. The van der Waals surface area contributed by atoms with Gasteiger partial charge in [-0.2, -0.15) is 0 Å². The quantitative estimate of drug-likeness (QED) is 0.791. The molecule has 122 valence electrons. The Kier molecular flexibility index (Phi) is 5.85. The molecular weight excluding hydrogens is 368 g/mol. The van der Waals surface area contributed by atoms with E-state index in [0.717, 1.165) is 5.56 Å². The van der Waals surface area contributed by atoms with E-state index >= 15 is 0 Å². The van der Waals surface area contributed by atoms with Crippen LogP contribution >= 0.6 is 15.9 Å². The summed E-state index contributed by atoms with van der Waals surface area (Å²) in [6.07, 6.45) is 0. The minimum Gasteiger partial charge on any atom is -0.468 e. The molecule has 0 aromatic heterocycles. The highest BCUT2D eigenvalue weighted by molar-refractivity contribution is 9.10. The van der Waals surface area contributed by atoms with Crippen molar-refractivity contribution < 1.29 is 18.3 Å². The zero-order chi connectivity index (χ0) is 17.0. The number of hydrogen-bond acceptors (Lipinski definition) is 3. The molecule has 1 N–H and O–H groups in total. The van der Waals surface area contributed by atoms with Crippen LogP contribution in [0, 0.1) is 18.6 Å². The molecule has 0 saturated carbocycles. The van der Waals surface area contributed by atoms with Crippen LogP contribution in [-0.2, 0) is 16.1 Å². The second-order valence-corrected chi connectivity index (χ2v) is 5.94. The number of hydrogen-bond donors (Lipinski definition) is 1. The van der Waals surface area contributed by atoms with Gasteiger partial charge < -0.3 is 4.74 Å². The normalized spacial score (nSPS) is 12.0. The molecule has 0 amide bonds. The number of aryl methyl sites for hydroxylation is 1. The largest absolute Gasteiger partial charge is 0.468 e. The van der Waals surface area contributed by atoms with E-state index in [9.17, 15) is 13.6 Å². The summed E-state index contributed by atoms with van der Waals surface area (Å²) in [5.74, 6) is -1.16. The van der Waals surface area contributed by atoms with E-state index in [1.807, 2.05) is 0 Å². The van der Waals surface area contributed by atoms with Crippen LogP contribution < -0.4 is 5.32 Å². The molecule has 0 radical (unpaired) electrons. The highest BCUT2D eigenvalue weighted by Crippen LogP contribution is 2.21. The van der Waals surface area contributed by atoms with Crippen LogP contribution in [0.5, 0.6) is 0 Å². The molecule has 1 unspecified atom stereocenters. The number of carbonyl (C=O) groups is 1. The SMILES string of the molecule is COC(=O)C(NCc1ccc(F)cc1Br)c1ccc(F)c(C)c1. The average molecular weight is 384 g/mol. The van der Waals surface area contributed by atoms with Crippen molar-refractivity contribution in [2.24, 2.45) is 0 Å². The van der Waals surface area contributed by atoms with Gasteiger partial charge in [-0.05, 0) is 41.8 Å². The molecule has 0 spiro atoms. The Morgan fingerprint density at radius 3 is 2.61 bits per heavy atom. The molecule has 2 aromatic carbocycles. The highest BCUT2D eigenvalue weighted by atomic mass is 79.9. The van der Waals surface area contributed by atoms with Crippen molar-refractivity contribution in [1.29, 1.82) is 0 Å². The number of carbonyl (C=O) groups excluding carboxylic acids is 1. The van der Waals surface area contributed by atoms with Gasteiger partial charge in [-0.1, -0.05) is 34.1 Å². The molecule has 0 fully saturated rings. The van der Waals surface area contributed by atoms with E-state index in [4.69, 9.17) is 4.74 Å². The topological polar surface area (TPSA) is 38.3 Å². The molecule has 0 aliphatic rings. The third-order valence-corrected chi connectivity index (χ3v) is 4.20. The second kappa shape index (κ2) is 7.66. The van der Waals surface area contributed by atoms with E-state index in [1.165, 1.54) is 31.4 Å². The van der Waals surface area contributed by atoms with Gasteiger partial charge in [-0.3, -0.25) is 5.32 Å². The summed E-state index contributed by atoms with van der Waals surface area (Å²) >= 11 is 3.28. The van der Waals surface area contributed by atoms with Crippen LogP contribution in [0.2, 0.25) is 0 Å². The summed E-state index contributed by atoms with van der Waals surface area (Å²) in [6, 6.07) is 8.03. The average Bonchev–Trinajstić information content (AvgIpc) is 2.52. The first-order valence-corrected chi connectivity index (χ1v) is 7.73. The number of benzene rings is 2. The number of nitrogens with one attached hydrogen (secondary N) is 1. The monoisotopic (exact) mass is 383 g/mol. The van der Waals surface area contributed by atoms with Crippen LogP contribution in [0.15, 0.2) is 40.9 Å². The third-order valence-electron chi connectivity index (χ3n) is 3.46. The lowest BCUT2D eigenvalue weighted by Gasteiger charge is -2.18. The summed E-state index contributed by atoms with van der Waals surface area (Å²) in [5, 5.41) is 3.06. The maximum atomic E-state index is 13.4. The van der Waals surface area contributed by atoms with Gasteiger partial charge in [0.1, 0.15) is 17.7 Å². The molecule has 0 aliphatic carbocycles. The smallest absolute Gasteiger partial charge is 0.327 e. The standard InChI is InChI=1S/C17H16BrF2NO2/c1-10-7-11(4-6-15(10)20)16(17(22)23-2)21-9-12-3-5-13(19)8-14(12)18/h3-8,16,21H,9H2,1-2H3. The van der Waals surface area contributed by atoms with Gasteiger partial charge in [0.2, 0.25) is 0 Å². The zero-order valence-electron chi connectivity index (χ0n) is 12.7. The van der Waals surface area contributed by atoms with Gasteiger partial charge in [0.05, 0.1) is 7.11 Å². The van der Waals surface area contributed by atoms with Crippen LogP contribution in [0.1, 0.15) is 22.7 Å². The Balaban J connectivity index is 2.22. The van der Waals surface area contributed by atoms with Gasteiger partial charge >= 0.3 is 5.97 Å². The van der Waals surface area contributed by atoms with Gasteiger partial charge in [-0.15, -0.1) is 0 Å². The minimum atomic E-state index is -0.740. The Morgan fingerprint density at radius 1 is 1.26 bits per heavy atom. The van der Waals surface area contributed by atoms with E-state index < -0.39 is 12.0 Å². The van der Waals surface area contributed by atoms with Gasteiger partial charge in [0.15, 0.2) is 0 Å². The zero-order valence-corrected chi connectivity index (χ0v) is 14.3. The van der Waals surface area contributed by atoms with Crippen molar-refractivity contribution in [2.75, 3.05) is 7.11 Å². The van der Waals surface area contributed by atoms with Crippen molar-refractivity contribution in [1.82, 2.24) is 5.32 Å². The maximum absolute atomic E-state index is 13.4. The maximum Gasteiger partial charge on any atom is 0.327 e. The lowest BCUT2D eigenvalue weighted by atomic mass is 10.0. The van der Waals surface area contributed by atoms with Crippen molar-refractivity contribution in [3.63, 3.8) is 0 Å². The Hall–Kier alpha value is -1.79. The number of esters is 1. The third kappa shape index (κ3) is 4.36. The summed E-state index contributed by atoms with van der Waals surface area (Å²) in [6.45, 7) is 1.95. The number of ether oxygens (including phenoxy) is 1. The molecule has 0 saturated heterocycles. The fourth-order valence-corrected chi connectivity index (χ4v) is 2.67. The first kappa shape index (κ1) is 17.6. The van der Waals surface area contributed by atoms with E-state index in [1.54, 1.807) is 19.1 Å². The van der Waals surface area contributed by atoms with Crippen LogP contribution in [-0.4, -0.2) is 13.1 Å². The molecule has 23 heavy (non-hydrogen) atoms. The lowest BCUT2D eigenvalue weighted by molar-refractivity contribution is -0.143. The Labute approximate surface area is 141 Å². The molecule has 6 heteroatoms. The van der Waals surface area contributed by atoms with E-state index in [0.29, 0.717) is 22.1 Å². The van der Waals surface area contributed by atoms with E-state index in [2.05, 4.69) is 21.2 Å². The molecule has 3 nitrogen and oxygen atoms in total. The van der Waals surface area contributed by atoms with Gasteiger partial charge in [0.25, 0.3) is 0 Å². The van der Waals surface area contributed by atoms with E-state index in [-0.39, 0.29) is 11.6 Å². The Bertz CT molecular complexity index is 722. The summed E-state index contributed by atoms with van der Waals surface area (Å²) in [4.78, 5) is 12.0. The molecule has 2 rings (SSSR count). The van der Waals surface area contributed by atoms with Crippen LogP contribution in [0.25, 0.3) is 0 Å². The Morgan fingerprint density at radius 2 is 2.00 bits per heavy atom. The number of methoxy groups -OCH3 is 1. The molecular formula is C17H16BrF2NO2.